The maximum atomic E-state index is 9.76. The van der Waals surface area contributed by atoms with Crippen molar-refractivity contribution < 1.29 is 0 Å². The van der Waals surface area contributed by atoms with Crippen LogP contribution < -0.4 is 4.90 Å². The van der Waals surface area contributed by atoms with Gasteiger partial charge in [-0.05, 0) is 43.7 Å². The maximum Gasteiger partial charge on any atom is 0.109 e. The third-order valence-electron chi connectivity index (χ3n) is 5.32. The molecule has 0 atom stereocenters. The molecule has 21 heavy (non-hydrogen) atoms. The van der Waals surface area contributed by atoms with Gasteiger partial charge in [-0.3, -0.25) is 4.90 Å². The summed E-state index contributed by atoms with van der Waals surface area (Å²) in [5.41, 5.74) is 1.12. The Morgan fingerprint density at radius 1 is 1.05 bits per heavy atom. The van der Waals surface area contributed by atoms with E-state index in [2.05, 4.69) is 53.1 Å². The topological polar surface area (TPSA) is 30.3 Å². The van der Waals surface area contributed by atoms with Crippen molar-refractivity contribution in [3.8, 4) is 6.07 Å². The number of para-hydroxylation sites is 1. The van der Waals surface area contributed by atoms with Gasteiger partial charge in [-0.25, -0.2) is 0 Å². The van der Waals surface area contributed by atoms with Gasteiger partial charge in [0.15, 0.2) is 0 Å². The van der Waals surface area contributed by atoms with Crippen LogP contribution in [0.4, 0.5) is 5.69 Å². The lowest BCUT2D eigenvalue weighted by Crippen LogP contribution is -2.57. The van der Waals surface area contributed by atoms with Gasteiger partial charge in [-0.1, -0.05) is 25.1 Å². The van der Waals surface area contributed by atoms with E-state index in [4.69, 9.17) is 0 Å². The first-order valence-electron chi connectivity index (χ1n) is 8.20. The number of nitriles is 1. The lowest BCUT2D eigenvalue weighted by molar-refractivity contribution is 0.0780. The molecule has 1 saturated heterocycles. The van der Waals surface area contributed by atoms with Crippen LogP contribution in [-0.4, -0.2) is 36.6 Å². The summed E-state index contributed by atoms with van der Waals surface area (Å²) in [6.07, 6.45) is 4.50. The predicted octanol–water partition coefficient (Wildman–Crippen LogP) is 3.28. The van der Waals surface area contributed by atoms with E-state index in [1.807, 2.05) is 0 Å². The molecule has 1 aliphatic heterocycles. The molecule has 0 N–H and O–H groups in total. The van der Waals surface area contributed by atoms with Crippen LogP contribution in [0.15, 0.2) is 30.3 Å². The van der Waals surface area contributed by atoms with Gasteiger partial charge >= 0.3 is 0 Å². The number of hydrogen-bond donors (Lipinski definition) is 0. The van der Waals surface area contributed by atoms with E-state index >= 15 is 0 Å². The first-order valence-corrected chi connectivity index (χ1v) is 8.20. The number of rotatable bonds is 2. The van der Waals surface area contributed by atoms with Crippen LogP contribution >= 0.6 is 0 Å². The molecule has 2 fully saturated rings. The molecule has 0 radical (unpaired) electrons. The molecular weight excluding hydrogens is 258 g/mol. The second-order valence-electron chi connectivity index (χ2n) is 6.64. The molecule has 0 spiro atoms. The Kier molecular flexibility index (Phi) is 4.17. The molecule has 1 aromatic rings. The Morgan fingerprint density at radius 3 is 2.24 bits per heavy atom. The lowest BCUT2D eigenvalue weighted by atomic mass is 9.76. The van der Waals surface area contributed by atoms with Crippen LogP contribution in [0.5, 0.6) is 0 Å². The highest BCUT2D eigenvalue weighted by atomic mass is 15.3. The minimum Gasteiger partial charge on any atom is -0.369 e. The zero-order valence-corrected chi connectivity index (χ0v) is 13.0. The summed E-state index contributed by atoms with van der Waals surface area (Å²) in [6, 6.07) is 13.3. The van der Waals surface area contributed by atoms with Crippen LogP contribution in [0.2, 0.25) is 0 Å². The number of benzene rings is 1. The van der Waals surface area contributed by atoms with E-state index in [0.717, 1.165) is 44.9 Å². The standard InChI is InChI=1S/C18H25N3/c1-16-7-9-18(15-19,10-8-16)21-13-11-20(12-14-21)17-5-3-2-4-6-17/h2-6,16H,7-14H2,1H3. The van der Waals surface area contributed by atoms with Crippen LogP contribution in [0.3, 0.4) is 0 Å². The Balaban J connectivity index is 1.64. The monoisotopic (exact) mass is 283 g/mol. The molecule has 1 saturated carbocycles. The number of nitrogens with zero attached hydrogens (tertiary/aromatic N) is 3. The van der Waals surface area contributed by atoms with Crippen LogP contribution in [0, 0.1) is 17.2 Å². The Morgan fingerprint density at radius 2 is 1.67 bits per heavy atom. The molecule has 2 aliphatic rings. The Bertz CT molecular complexity index is 489. The Hall–Kier alpha value is -1.53. The maximum absolute atomic E-state index is 9.76. The largest absolute Gasteiger partial charge is 0.369 e. The van der Waals surface area contributed by atoms with Gasteiger partial charge in [0.05, 0.1) is 6.07 Å². The fourth-order valence-corrected chi connectivity index (χ4v) is 3.77. The Labute approximate surface area is 128 Å². The molecular formula is C18H25N3. The number of piperazine rings is 1. The second kappa shape index (κ2) is 6.07. The summed E-state index contributed by atoms with van der Waals surface area (Å²) < 4.78 is 0. The van der Waals surface area contributed by atoms with Gasteiger partial charge in [0.1, 0.15) is 5.54 Å². The van der Waals surface area contributed by atoms with Gasteiger partial charge in [0.2, 0.25) is 0 Å². The molecule has 1 aromatic carbocycles. The van der Waals surface area contributed by atoms with Gasteiger partial charge in [-0.2, -0.15) is 5.26 Å². The quantitative estimate of drug-likeness (QED) is 0.834. The zero-order chi connectivity index (χ0) is 14.7. The van der Waals surface area contributed by atoms with E-state index in [-0.39, 0.29) is 5.54 Å². The van der Waals surface area contributed by atoms with Crippen molar-refractivity contribution >= 4 is 5.69 Å². The molecule has 112 valence electrons. The van der Waals surface area contributed by atoms with Gasteiger partial charge in [0, 0.05) is 31.9 Å². The predicted molar refractivity (Wildman–Crippen MR) is 86.2 cm³/mol. The smallest absolute Gasteiger partial charge is 0.109 e. The van der Waals surface area contributed by atoms with E-state index in [9.17, 15) is 5.26 Å². The molecule has 0 amide bonds. The molecule has 3 rings (SSSR count). The summed E-state index contributed by atoms with van der Waals surface area (Å²) in [7, 11) is 0. The minimum absolute atomic E-state index is 0.185. The van der Waals surface area contributed by atoms with Crippen molar-refractivity contribution in [1.82, 2.24) is 4.90 Å². The highest BCUT2D eigenvalue weighted by Gasteiger charge is 2.40. The fourth-order valence-electron chi connectivity index (χ4n) is 3.77. The molecule has 3 nitrogen and oxygen atoms in total. The highest BCUT2D eigenvalue weighted by molar-refractivity contribution is 5.46. The SMILES string of the molecule is CC1CCC(C#N)(N2CCN(c3ccccc3)CC2)CC1. The van der Waals surface area contributed by atoms with E-state index in [1.165, 1.54) is 18.5 Å². The molecule has 3 heteroatoms. The molecule has 1 aliphatic carbocycles. The third-order valence-corrected chi connectivity index (χ3v) is 5.32. The summed E-state index contributed by atoms with van der Waals surface area (Å²) in [5.74, 6) is 0.789. The average Bonchev–Trinajstić information content (AvgIpc) is 2.57. The summed E-state index contributed by atoms with van der Waals surface area (Å²) in [4.78, 5) is 4.89. The third kappa shape index (κ3) is 2.91. The average molecular weight is 283 g/mol. The summed E-state index contributed by atoms with van der Waals surface area (Å²) >= 11 is 0. The van der Waals surface area contributed by atoms with Crippen molar-refractivity contribution in [2.45, 2.75) is 38.1 Å². The molecule has 0 bridgehead atoms. The van der Waals surface area contributed by atoms with Gasteiger partial charge in [0.25, 0.3) is 0 Å². The van der Waals surface area contributed by atoms with Crippen molar-refractivity contribution in [2.24, 2.45) is 5.92 Å². The fraction of sp³-hybridized carbons (Fsp3) is 0.611. The second-order valence-corrected chi connectivity index (χ2v) is 6.64. The van der Waals surface area contributed by atoms with Gasteiger partial charge < -0.3 is 4.90 Å². The normalized spacial score (nSPS) is 30.9. The van der Waals surface area contributed by atoms with Crippen molar-refractivity contribution in [2.75, 3.05) is 31.1 Å². The number of hydrogen-bond acceptors (Lipinski definition) is 3. The first-order chi connectivity index (χ1) is 10.2. The first kappa shape index (κ1) is 14.4. The van der Waals surface area contributed by atoms with Crippen molar-refractivity contribution in [1.29, 1.82) is 5.26 Å². The van der Waals surface area contributed by atoms with E-state index in [0.29, 0.717) is 0 Å². The molecule has 0 unspecified atom stereocenters. The number of anilines is 1. The van der Waals surface area contributed by atoms with Crippen molar-refractivity contribution in [3.05, 3.63) is 30.3 Å². The lowest BCUT2D eigenvalue weighted by Gasteiger charge is -2.47. The van der Waals surface area contributed by atoms with Crippen LogP contribution in [0.25, 0.3) is 0 Å². The molecule has 1 heterocycles. The molecule has 0 aromatic heterocycles. The van der Waals surface area contributed by atoms with Gasteiger partial charge in [-0.15, -0.1) is 0 Å². The highest BCUT2D eigenvalue weighted by Crippen LogP contribution is 2.36. The van der Waals surface area contributed by atoms with Crippen LogP contribution in [-0.2, 0) is 0 Å². The summed E-state index contributed by atoms with van der Waals surface area (Å²) in [6.45, 7) is 6.40. The summed E-state index contributed by atoms with van der Waals surface area (Å²) in [5, 5.41) is 9.76. The minimum atomic E-state index is -0.185. The zero-order valence-electron chi connectivity index (χ0n) is 13.0. The van der Waals surface area contributed by atoms with E-state index < -0.39 is 0 Å². The van der Waals surface area contributed by atoms with E-state index in [1.54, 1.807) is 0 Å². The van der Waals surface area contributed by atoms with Crippen molar-refractivity contribution in [3.63, 3.8) is 0 Å². The van der Waals surface area contributed by atoms with Crippen LogP contribution in [0.1, 0.15) is 32.6 Å².